The fraction of sp³-hybridized carbons (Fsp3) is 0.393. The summed E-state index contributed by atoms with van der Waals surface area (Å²) in [6, 6.07) is 17.4. The molecule has 0 aliphatic heterocycles. The second-order valence-corrected chi connectivity index (χ2v) is 8.32. The number of methoxy groups -OCH3 is 2. The largest absolute Gasteiger partial charge is 0.497 e. The summed E-state index contributed by atoms with van der Waals surface area (Å²) in [7, 11) is 3.30. The molecule has 8 heteroatoms. The predicted molar refractivity (Wildman–Crippen MR) is 140 cm³/mol. The lowest BCUT2D eigenvalue weighted by molar-refractivity contribution is 0.0192. The quantitative estimate of drug-likeness (QED) is 0.235. The van der Waals surface area contributed by atoms with Crippen LogP contribution in [0.4, 0.5) is 0 Å². The standard InChI is InChI=1S/C28H37N3O5/c1-5-16-35-21-23(32)19-30(15-17-33-3)20-26-27(6-2)29-31(22-11-8-7-9-12-22)28(26)36-25-14-10-13-24(18-25)34-4/h5,7-14,18,23,32H,1,6,15-17,19-21H2,2-4H3. The van der Waals surface area contributed by atoms with E-state index in [1.165, 1.54) is 0 Å². The van der Waals surface area contributed by atoms with Crippen molar-refractivity contribution in [1.29, 1.82) is 0 Å². The second-order valence-electron chi connectivity index (χ2n) is 8.32. The average molecular weight is 496 g/mol. The van der Waals surface area contributed by atoms with Crippen molar-refractivity contribution in [3.63, 3.8) is 0 Å². The number of hydrogen-bond acceptors (Lipinski definition) is 7. The van der Waals surface area contributed by atoms with Crippen molar-refractivity contribution in [2.24, 2.45) is 0 Å². The van der Waals surface area contributed by atoms with E-state index in [9.17, 15) is 5.11 Å². The van der Waals surface area contributed by atoms with E-state index in [1.807, 2.05) is 59.3 Å². The number of aliphatic hydroxyl groups excluding tert-OH is 1. The van der Waals surface area contributed by atoms with Gasteiger partial charge in [0, 0.05) is 32.8 Å². The fourth-order valence-corrected chi connectivity index (χ4v) is 3.86. The Bertz CT molecular complexity index is 1070. The number of rotatable bonds is 16. The van der Waals surface area contributed by atoms with Crippen LogP contribution in [0.15, 0.2) is 67.3 Å². The first-order chi connectivity index (χ1) is 17.6. The van der Waals surface area contributed by atoms with Crippen LogP contribution < -0.4 is 9.47 Å². The number of para-hydroxylation sites is 1. The fourth-order valence-electron chi connectivity index (χ4n) is 3.86. The molecule has 1 heterocycles. The first kappa shape index (κ1) is 27.4. The van der Waals surface area contributed by atoms with Crippen LogP contribution in [0.5, 0.6) is 17.4 Å². The molecule has 0 aliphatic rings. The van der Waals surface area contributed by atoms with Gasteiger partial charge in [0.15, 0.2) is 0 Å². The van der Waals surface area contributed by atoms with Crippen LogP contribution in [0.2, 0.25) is 0 Å². The van der Waals surface area contributed by atoms with Gasteiger partial charge >= 0.3 is 0 Å². The lowest BCUT2D eigenvalue weighted by atomic mass is 10.1. The Morgan fingerprint density at radius 1 is 1.11 bits per heavy atom. The Kier molecular flexibility index (Phi) is 11.0. The minimum atomic E-state index is -0.654. The van der Waals surface area contributed by atoms with Crippen LogP contribution in [0.25, 0.3) is 5.69 Å². The molecule has 0 bridgehead atoms. The predicted octanol–water partition coefficient (Wildman–Crippen LogP) is 4.25. The molecular formula is C28H37N3O5. The average Bonchev–Trinajstić information content (AvgIpc) is 3.24. The summed E-state index contributed by atoms with van der Waals surface area (Å²) >= 11 is 0. The Balaban J connectivity index is 1.98. The van der Waals surface area contributed by atoms with Gasteiger partial charge in [0.25, 0.3) is 0 Å². The number of aliphatic hydroxyl groups is 1. The molecule has 0 saturated carbocycles. The number of nitrogens with zero attached hydrogens (tertiary/aromatic N) is 3. The lowest BCUT2D eigenvalue weighted by Gasteiger charge is -2.25. The van der Waals surface area contributed by atoms with Gasteiger partial charge in [-0.05, 0) is 30.7 Å². The van der Waals surface area contributed by atoms with Gasteiger partial charge in [-0.1, -0.05) is 37.3 Å². The molecule has 1 aromatic heterocycles. The van der Waals surface area contributed by atoms with E-state index in [0.29, 0.717) is 50.2 Å². The minimum Gasteiger partial charge on any atom is -0.497 e. The van der Waals surface area contributed by atoms with Crippen LogP contribution >= 0.6 is 0 Å². The molecule has 0 fully saturated rings. The molecule has 0 aliphatic carbocycles. The Morgan fingerprint density at radius 2 is 1.89 bits per heavy atom. The monoisotopic (exact) mass is 495 g/mol. The third-order valence-corrected chi connectivity index (χ3v) is 5.62. The van der Waals surface area contributed by atoms with Crippen molar-refractivity contribution in [1.82, 2.24) is 14.7 Å². The molecule has 0 amide bonds. The van der Waals surface area contributed by atoms with E-state index in [2.05, 4.69) is 18.4 Å². The molecular weight excluding hydrogens is 458 g/mol. The Morgan fingerprint density at radius 3 is 2.58 bits per heavy atom. The van der Waals surface area contributed by atoms with Gasteiger partial charge in [0.1, 0.15) is 11.5 Å². The number of aromatic nitrogens is 2. The highest BCUT2D eigenvalue weighted by atomic mass is 16.5. The summed E-state index contributed by atoms with van der Waals surface area (Å²) in [5.41, 5.74) is 2.79. The summed E-state index contributed by atoms with van der Waals surface area (Å²) < 4.78 is 24.5. The van der Waals surface area contributed by atoms with E-state index in [1.54, 1.807) is 20.3 Å². The van der Waals surface area contributed by atoms with E-state index >= 15 is 0 Å². The zero-order valence-corrected chi connectivity index (χ0v) is 21.4. The van der Waals surface area contributed by atoms with E-state index in [-0.39, 0.29) is 6.61 Å². The third kappa shape index (κ3) is 7.66. The Hall–Kier alpha value is -3.17. The maximum Gasteiger partial charge on any atom is 0.227 e. The van der Waals surface area contributed by atoms with Crippen molar-refractivity contribution in [2.75, 3.05) is 47.1 Å². The smallest absolute Gasteiger partial charge is 0.227 e. The molecule has 1 N–H and O–H groups in total. The molecule has 8 nitrogen and oxygen atoms in total. The molecule has 3 rings (SSSR count). The van der Waals surface area contributed by atoms with E-state index in [0.717, 1.165) is 23.4 Å². The molecule has 0 spiro atoms. The first-order valence-electron chi connectivity index (χ1n) is 12.2. The van der Waals surface area contributed by atoms with Gasteiger partial charge in [-0.15, -0.1) is 6.58 Å². The summed E-state index contributed by atoms with van der Waals surface area (Å²) in [5, 5.41) is 15.5. The van der Waals surface area contributed by atoms with Crippen LogP contribution in [-0.4, -0.2) is 73.0 Å². The van der Waals surface area contributed by atoms with Crippen molar-refractivity contribution in [3.8, 4) is 23.1 Å². The maximum atomic E-state index is 10.6. The minimum absolute atomic E-state index is 0.229. The van der Waals surface area contributed by atoms with Crippen LogP contribution in [0, 0.1) is 0 Å². The van der Waals surface area contributed by atoms with Crippen LogP contribution in [0.1, 0.15) is 18.2 Å². The second kappa shape index (κ2) is 14.4. The van der Waals surface area contributed by atoms with Gasteiger partial charge in [0.2, 0.25) is 5.88 Å². The maximum absolute atomic E-state index is 10.6. The Labute approximate surface area is 213 Å². The van der Waals surface area contributed by atoms with Crippen molar-refractivity contribution >= 4 is 0 Å². The highest BCUT2D eigenvalue weighted by Crippen LogP contribution is 2.33. The highest BCUT2D eigenvalue weighted by molar-refractivity contribution is 5.44. The highest BCUT2D eigenvalue weighted by Gasteiger charge is 2.24. The third-order valence-electron chi connectivity index (χ3n) is 5.62. The zero-order valence-electron chi connectivity index (χ0n) is 21.4. The normalized spacial score (nSPS) is 12.0. The molecule has 2 aromatic carbocycles. The summed E-state index contributed by atoms with van der Waals surface area (Å²) in [6.07, 6.45) is 1.74. The van der Waals surface area contributed by atoms with Gasteiger partial charge in [-0.25, -0.2) is 4.68 Å². The topological polar surface area (TPSA) is 78.2 Å². The van der Waals surface area contributed by atoms with Gasteiger partial charge in [-0.3, -0.25) is 4.90 Å². The molecule has 194 valence electrons. The molecule has 0 saturated heterocycles. The van der Waals surface area contributed by atoms with E-state index < -0.39 is 6.10 Å². The summed E-state index contributed by atoms with van der Waals surface area (Å²) in [4.78, 5) is 2.13. The summed E-state index contributed by atoms with van der Waals surface area (Å²) in [5.74, 6) is 1.99. The molecule has 36 heavy (non-hydrogen) atoms. The van der Waals surface area contributed by atoms with Crippen molar-refractivity contribution in [3.05, 3.63) is 78.5 Å². The lowest BCUT2D eigenvalue weighted by Crippen LogP contribution is -2.36. The van der Waals surface area contributed by atoms with Crippen LogP contribution in [0.3, 0.4) is 0 Å². The number of ether oxygens (including phenoxy) is 4. The number of hydrogen-bond donors (Lipinski definition) is 1. The van der Waals surface area contributed by atoms with Crippen molar-refractivity contribution in [2.45, 2.75) is 26.0 Å². The van der Waals surface area contributed by atoms with Crippen molar-refractivity contribution < 1.29 is 24.1 Å². The van der Waals surface area contributed by atoms with Gasteiger partial charge in [0.05, 0.1) is 50.0 Å². The van der Waals surface area contributed by atoms with Crippen LogP contribution in [-0.2, 0) is 22.4 Å². The van der Waals surface area contributed by atoms with Gasteiger partial charge < -0.3 is 24.1 Å². The summed E-state index contributed by atoms with van der Waals surface area (Å²) in [6.45, 7) is 8.46. The number of benzene rings is 2. The van der Waals surface area contributed by atoms with Gasteiger partial charge in [-0.2, -0.15) is 5.10 Å². The first-order valence-corrected chi connectivity index (χ1v) is 12.2. The zero-order chi connectivity index (χ0) is 25.8. The molecule has 1 unspecified atom stereocenters. The van der Waals surface area contributed by atoms with E-state index in [4.69, 9.17) is 24.0 Å². The molecule has 3 aromatic rings. The molecule has 0 radical (unpaired) electrons. The number of aryl methyl sites for hydroxylation is 1. The SMILES string of the molecule is C=CCOCC(O)CN(CCOC)Cc1c(CC)nn(-c2ccccc2)c1Oc1cccc(OC)c1. The molecule has 1 atom stereocenters.